The second-order valence-electron chi connectivity index (χ2n) is 5.05. The molecule has 0 radical (unpaired) electrons. The van der Waals surface area contributed by atoms with E-state index in [0.29, 0.717) is 0 Å². The summed E-state index contributed by atoms with van der Waals surface area (Å²) in [6.45, 7) is 4.09. The van der Waals surface area contributed by atoms with Crippen molar-refractivity contribution in [3.63, 3.8) is 0 Å². The third-order valence-corrected chi connectivity index (χ3v) is 3.89. The molecule has 21 heavy (non-hydrogen) atoms. The molecule has 4 heteroatoms. The van der Waals surface area contributed by atoms with Gasteiger partial charge in [0.1, 0.15) is 0 Å². The summed E-state index contributed by atoms with van der Waals surface area (Å²) in [4.78, 5) is 2.87. The Kier molecular flexibility index (Phi) is 8.85. The Labute approximate surface area is 158 Å². The zero-order valence-electron chi connectivity index (χ0n) is 12.1. The number of fused-ring (bicyclic) bond motifs is 3. The first-order valence-corrected chi connectivity index (χ1v) is 6.49. The van der Waals surface area contributed by atoms with Gasteiger partial charge in [0.2, 0.25) is 0 Å². The van der Waals surface area contributed by atoms with Gasteiger partial charge in [-0.3, -0.25) is 0 Å². The second kappa shape index (κ2) is 8.98. The van der Waals surface area contributed by atoms with Gasteiger partial charge in [-0.2, -0.15) is 28.8 Å². The van der Waals surface area contributed by atoms with E-state index in [1.54, 1.807) is 0 Å². The number of hydrogen-bond acceptors (Lipinski definition) is 0. The molecule has 0 aliphatic heterocycles. The fourth-order valence-corrected chi connectivity index (χ4v) is 2.47. The smallest absolute Gasteiger partial charge is 1.00 e. The van der Waals surface area contributed by atoms with Crippen LogP contribution in [-0.4, -0.2) is 4.98 Å². The Morgan fingerprint density at radius 3 is 2.33 bits per heavy atom. The number of hydrogen-bond donors (Lipinski definition) is 1. The van der Waals surface area contributed by atoms with E-state index in [-0.39, 0.29) is 51.0 Å². The molecule has 1 heterocycles. The van der Waals surface area contributed by atoms with E-state index in [1.807, 2.05) is 13.1 Å². The Morgan fingerprint density at radius 2 is 1.86 bits per heavy atom. The molecule has 0 bridgehead atoms. The predicted octanol–water partition coefficient (Wildman–Crippen LogP) is -1.91. The first-order valence-electron chi connectivity index (χ1n) is 6.49. The van der Waals surface area contributed by atoms with E-state index < -0.39 is 0 Å². The molecule has 1 nitrogen and oxygen atoms in total. The Hall–Kier alpha value is -0.297. The van der Waals surface area contributed by atoms with Gasteiger partial charge >= 0.3 is 26.2 Å². The van der Waals surface area contributed by atoms with Gasteiger partial charge in [-0.1, -0.05) is 32.3 Å². The van der Waals surface area contributed by atoms with Crippen LogP contribution in [0, 0.1) is 26.1 Å². The van der Waals surface area contributed by atoms with Crippen LogP contribution in [0.4, 0.5) is 0 Å². The number of aromatic nitrogens is 1. The van der Waals surface area contributed by atoms with Gasteiger partial charge < -0.3 is 29.8 Å². The number of allylic oxidation sites excluding steroid dienone is 1. The zero-order chi connectivity index (χ0) is 12.5. The molecule has 1 unspecified atom stereocenters. The van der Waals surface area contributed by atoms with Gasteiger partial charge in [-0.05, 0) is 6.42 Å². The fraction of sp³-hybridized carbons (Fsp3) is 0.294. The number of aryl methyl sites for hydroxylation is 2. The summed E-state index contributed by atoms with van der Waals surface area (Å²) in [6.07, 6.45) is 11.0. The van der Waals surface area contributed by atoms with Gasteiger partial charge in [0, 0.05) is 0 Å². The van der Waals surface area contributed by atoms with Crippen molar-refractivity contribution in [2.24, 2.45) is 0 Å². The zero-order valence-corrected chi connectivity index (χ0v) is 16.1. The van der Waals surface area contributed by atoms with Crippen molar-refractivity contribution in [2.75, 3.05) is 0 Å². The summed E-state index contributed by atoms with van der Waals surface area (Å²) in [5, 5.41) is 0. The maximum absolute atomic E-state index is 3.45. The Bertz CT molecular complexity index is 588. The summed E-state index contributed by atoms with van der Waals surface area (Å²) in [6, 6.07) is 8.62. The van der Waals surface area contributed by atoms with Crippen LogP contribution >= 0.6 is 0 Å². The molecule has 1 aromatic heterocycles. The maximum atomic E-state index is 3.45. The van der Waals surface area contributed by atoms with Crippen molar-refractivity contribution in [3.8, 4) is 0 Å². The number of rotatable bonds is 0. The van der Waals surface area contributed by atoms with Crippen molar-refractivity contribution < 1.29 is 51.0 Å². The van der Waals surface area contributed by atoms with Crippen LogP contribution in [0.1, 0.15) is 41.0 Å². The second-order valence-corrected chi connectivity index (χ2v) is 5.05. The van der Waals surface area contributed by atoms with E-state index in [1.165, 1.54) is 40.7 Å². The SMILES string of the molecule is Cc1[c-][nH]cc1C.[C-]1=C2CCC2c2ccccc21.[Cl-].[Cl-].[Zr+4]. The minimum absolute atomic E-state index is 0. The summed E-state index contributed by atoms with van der Waals surface area (Å²) in [7, 11) is 0. The molecule has 4 rings (SSSR count). The predicted molar refractivity (Wildman–Crippen MR) is 73.4 cm³/mol. The van der Waals surface area contributed by atoms with Crippen LogP contribution in [0.3, 0.4) is 0 Å². The molecule has 0 spiro atoms. The van der Waals surface area contributed by atoms with Crippen LogP contribution in [0.2, 0.25) is 0 Å². The summed E-state index contributed by atoms with van der Waals surface area (Å²) in [5.41, 5.74) is 6.87. The van der Waals surface area contributed by atoms with Crippen molar-refractivity contribution in [1.82, 2.24) is 4.98 Å². The molecule has 108 valence electrons. The topological polar surface area (TPSA) is 15.8 Å². The number of halogens is 2. The minimum Gasteiger partial charge on any atom is -1.00 e. The average molecular weight is 397 g/mol. The molecule has 1 fully saturated rings. The molecule has 2 aliphatic rings. The van der Waals surface area contributed by atoms with Crippen LogP contribution in [-0.2, 0) is 26.2 Å². The Balaban J connectivity index is 0.000000360. The van der Waals surface area contributed by atoms with Crippen LogP contribution in [0.15, 0.2) is 36.0 Å². The first-order chi connectivity index (χ1) is 8.75. The number of nitrogens with one attached hydrogen (secondary N) is 1. The monoisotopic (exact) mass is 395 g/mol. The summed E-state index contributed by atoms with van der Waals surface area (Å²) in [5.74, 6) is 0.756. The van der Waals surface area contributed by atoms with Crippen LogP contribution < -0.4 is 24.8 Å². The van der Waals surface area contributed by atoms with Crippen LogP contribution in [0.25, 0.3) is 0 Å². The Morgan fingerprint density at radius 1 is 1.14 bits per heavy atom. The standard InChI is InChI=1S/C11H9.C6H8N.2ClH.Zr/c1-2-4-10-8(3-1)7-9-5-6-11(9)10;1-5-3-7-4-6(5)2;;;/h1-4,11H,5-6H2;3,7H,1-2H3;2*1H;/q2*-1;;;+4/p-2. The fourth-order valence-electron chi connectivity index (χ4n) is 2.47. The van der Waals surface area contributed by atoms with Crippen molar-refractivity contribution in [3.05, 3.63) is 70.6 Å². The van der Waals surface area contributed by atoms with Gasteiger partial charge in [0.25, 0.3) is 0 Å². The molecule has 2 aromatic rings. The third-order valence-electron chi connectivity index (χ3n) is 3.89. The van der Waals surface area contributed by atoms with Crippen molar-refractivity contribution in [1.29, 1.82) is 0 Å². The van der Waals surface area contributed by atoms with E-state index in [9.17, 15) is 0 Å². The van der Waals surface area contributed by atoms with E-state index in [4.69, 9.17) is 0 Å². The normalized spacial score (nSPS) is 16.3. The van der Waals surface area contributed by atoms with Crippen molar-refractivity contribution >= 4 is 0 Å². The molecule has 1 aromatic carbocycles. The van der Waals surface area contributed by atoms with E-state index in [0.717, 1.165) is 5.92 Å². The van der Waals surface area contributed by atoms with Gasteiger partial charge in [-0.25, -0.2) is 0 Å². The molecule has 0 saturated heterocycles. The average Bonchev–Trinajstić information content (AvgIpc) is 2.82. The van der Waals surface area contributed by atoms with Gasteiger partial charge in [-0.15, -0.1) is 35.7 Å². The number of benzene rings is 1. The molecular formula is C17H17Cl2NZr. The van der Waals surface area contributed by atoms with Crippen LogP contribution in [0.5, 0.6) is 0 Å². The summed E-state index contributed by atoms with van der Waals surface area (Å²) < 4.78 is 0. The molecule has 2 aliphatic carbocycles. The molecular weight excluding hydrogens is 380 g/mol. The quantitative estimate of drug-likeness (QED) is 0.500. The van der Waals surface area contributed by atoms with Gasteiger partial charge in [0.15, 0.2) is 0 Å². The number of aromatic amines is 1. The van der Waals surface area contributed by atoms with Gasteiger partial charge in [0.05, 0.1) is 0 Å². The third kappa shape index (κ3) is 4.34. The summed E-state index contributed by atoms with van der Waals surface area (Å²) >= 11 is 0. The number of H-pyrrole nitrogens is 1. The molecule has 1 atom stereocenters. The molecule has 1 saturated carbocycles. The van der Waals surface area contributed by atoms with E-state index in [2.05, 4.69) is 48.4 Å². The van der Waals surface area contributed by atoms with E-state index >= 15 is 0 Å². The largest absolute Gasteiger partial charge is 4.00 e. The molecule has 0 amide bonds. The maximum Gasteiger partial charge on any atom is 4.00 e. The van der Waals surface area contributed by atoms with Crippen molar-refractivity contribution in [2.45, 2.75) is 32.6 Å². The minimum atomic E-state index is 0. The first kappa shape index (κ1) is 20.7. The molecule has 1 N–H and O–H groups in total.